The molecule has 1 heterocycles. The summed E-state index contributed by atoms with van der Waals surface area (Å²) in [6.07, 6.45) is 5.64. The first-order chi connectivity index (χ1) is 9.31. The summed E-state index contributed by atoms with van der Waals surface area (Å²) in [4.78, 5) is 4.01. The van der Waals surface area contributed by atoms with Gasteiger partial charge in [-0.05, 0) is 43.0 Å². The molecule has 0 aliphatic heterocycles. The summed E-state index contributed by atoms with van der Waals surface area (Å²) in [5.74, 6) is 0.944. The Morgan fingerprint density at radius 2 is 1.95 bits per heavy atom. The first-order valence-electron chi connectivity index (χ1n) is 6.61. The third-order valence-electron chi connectivity index (χ3n) is 3.12. The molecule has 0 aliphatic carbocycles. The molecule has 0 fully saturated rings. The van der Waals surface area contributed by atoms with Gasteiger partial charge < -0.3 is 10.5 Å². The zero-order valence-electron chi connectivity index (χ0n) is 11.3. The topological polar surface area (TPSA) is 48.1 Å². The van der Waals surface area contributed by atoms with E-state index in [4.69, 9.17) is 10.5 Å². The zero-order valence-corrected chi connectivity index (χ0v) is 11.3. The summed E-state index contributed by atoms with van der Waals surface area (Å²) in [5.41, 5.74) is 9.24. The van der Waals surface area contributed by atoms with Gasteiger partial charge in [-0.25, -0.2) is 0 Å². The Hall–Kier alpha value is -1.87. The molecule has 2 N–H and O–H groups in total. The highest BCUT2D eigenvalue weighted by atomic mass is 16.5. The smallest absolute Gasteiger partial charge is 0.126 e. The van der Waals surface area contributed by atoms with Crippen LogP contribution in [-0.4, -0.2) is 11.6 Å². The average molecular weight is 256 g/mol. The highest BCUT2D eigenvalue weighted by molar-refractivity contribution is 5.40. The first kappa shape index (κ1) is 13.6. The van der Waals surface area contributed by atoms with Crippen molar-refractivity contribution >= 4 is 0 Å². The fourth-order valence-electron chi connectivity index (χ4n) is 2.08. The van der Waals surface area contributed by atoms with Crippen LogP contribution in [0.15, 0.2) is 42.7 Å². The second kappa shape index (κ2) is 6.90. The lowest BCUT2D eigenvalue weighted by molar-refractivity contribution is 0.306. The SMILES string of the molecule is Cc1cccc(CN)c1OCCCc1ccncc1. The molecule has 1 aromatic heterocycles. The van der Waals surface area contributed by atoms with E-state index in [0.29, 0.717) is 13.2 Å². The predicted molar refractivity (Wildman–Crippen MR) is 77.1 cm³/mol. The number of para-hydroxylation sites is 1. The molecule has 0 saturated heterocycles. The molecule has 0 spiro atoms. The number of rotatable bonds is 6. The van der Waals surface area contributed by atoms with Crippen molar-refractivity contribution in [3.63, 3.8) is 0 Å². The number of ether oxygens (including phenoxy) is 1. The van der Waals surface area contributed by atoms with E-state index in [1.54, 1.807) is 0 Å². The van der Waals surface area contributed by atoms with Crippen LogP contribution in [0.2, 0.25) is 0 Å². The molecule has 0 atom stereocenters. The number of nitrogens with zero attached hydrogens (tertiary/aromatic N) is 1. The normalized spacial score (nSPS) is 10.4. The quantitative estimate of drug-likeness (QED) is 0.808. The highest BCUT2D eigenvalue weighted by Crippen LogP contribution is 2.23. The number of benzene rings is 1. The van der Waals surface area contributed by atoms with Crippen molar-refractivity contribution in [2.24, 2.45) is 5.73 Å². The fourth-order valence-corrected chi connectivity index (χ4v) is 2.08. The molecule has 19 heavy (non-hydrogen) atoms. The Morgan fingerprint density at radius 1 is 1.16 bits per heavy atom. The van der Waals surface area contributed by atoms with Gasteiger partial charge in [0, 0.05) is 24.5 Å². The standard InChI is InChI=1S/C16H20N2O/c1-13-4-2-6-15(12-17)16(13)19-11-3-5-14-7-9-18-10-8-14/h2,4,6-10H,3,5,11-12,17H2,1H3. The maximum absolute atomic E-state index is 5.88. The molecular weight excluding hydrogens is 236 g/mol. The molecule has 0 radical (unpaired) electrons. The van der Waals surface area contributed by atoms with Crippen LogP contribution in [0.4, 0.5) is 0 Å². The van der Waals surface area contributed by atoms with Crippen LogP contribution >= 0.6 is 0 Å². The van der Waals surface area contributed by atoms with Crippen molar-refractivity contribution in [3.05, 3.63) is 59.4 Å². The van der Waals surface area contributed by atoms with Gasteiger partial charge >= 0.3 is 0 Å². The molecule has 1 aromatic carbocycles. The van der Waals surface area contributed by atoms with Crippen molar-refractivity contribution < 1.29 is 4.74 Å². The minimum Gasteiger partial charge on any atom is -0.493 e. The van der Waals surface area contributed by atoms with Gasteiger partial charge in [0.1, 0.15) is 5.75 Å². The Balaban J connectivity index is 1.86. The van der Waals surface area contributed by atoms with E-state index in [0.717, 1.165) is 29.7 Å². The number of aromatic nitrogens is 1. The largest absolute Gasteiger partial charge is 0.493 e. The van der Waals surface area contributed by atoms with Crippen LogP contribution in [0, 0.1) is 6.92 Å². The lowest BCUT2D eigenvalue weighted by Crippen LogP contribution is -2.06. The number of aryl methyl sites for hydroxylation is 2. The average Bonchev–Trinajstić information content (AvgIpc) is 2.46. The molecular formula is C16H20N2O. The summed E-state index contributed by atoms with van der Waals surface area (Å²) >= 11 is 0. The van der Waals surface area contributed by atoms with E-state index in [1.807, 2.05) is 36.7 Å². The molecule has 100 valence electrons. The number of nitrogens with two attached hydrogens (primary N) is 1. The molecule has 0 amide bonds. The third kappa shape index (κ3) is 3.80. The Labute approximate surface area is 114 Å². The highest BCUT2D eigenvalue weighted by Gasteiger charge is 2.05. The number of hydrogen-bond acceptors (Lipinski definition) is 3. The summed E-state index contributed by atoms with van der Waals surface area (Å²) in [6, 6.07) is 10.2. The van der Waals surface area contributed by atoms with Gasteiger partial charge in [0.25, 0.3) is 0 Å². The van der Waals surface area contributed by atoms with Gasteiger partial charge in [-0.2, -0.15) is 0 Å². The van der Waals surface area contributed by atoms with Crippen molar-refractivity contribution in [2.45, 2.75) is 26.3 Å². The molecule has 0 saturated carbocycles. The molecule has 3 heteroatoms. The molecule has 0 bridgehead atoms. The van der Waals surface area contributed by atoms with Gasteiger partial charge in [-0.15, -0.1) is 0 Å². The molecule has 2 aromatic rings. The van der Waals surface area contributed by atoms with E-state index in [-0.39, 0.29) is 0 Å². The van der Waals surface area contributed by atoms with Crippen molar-refractivity contribution in [2.75, 3.05) is 6.61 Å². The lowest BCUT2D eigenvalue weighted by Gasteiger charge is -2.13. The molecule has 0 unspecified atom stereocenters. The van der Waals surface area contributed by atoms with Gasteiger partial charge in [-0.3, -0.25) is 4.98 Å². The zero-order chi connectivity index (χ0) is 13.5. The van der Waals surface area contributed by atoms with Crippen LogP contribution in [0.5, 0.6) is 5.75 Å². The minimum atomic E-state index is 0.515. The van der Waals surface area contributed by atoms with Crippen molar-refractivity contribution in [3.8, 4) is 5.75 Å². The predicted octanol–water partition coefficient (Wildman–Crippen LogP) is 2.86. The van der Waals surface area contributed by atoms with E-state index >= 15 is 0 Å². The minimum absolute atomic E-state index is 0.515. The molecule has 3 nitrogen and oxygen atoms in total. The summed E-state index contributed by atoms with van der Waals surface area (Å²) in [7, 11) is 0. The summed E-state index contributed by atoms with van der Waals surface area (Å²) < 4.78 is 5.88. The van der Waals surface area contributed by atoms with Crippen LogP contribution < -0.4 is 10.5 Å². The van der Waals surface area contributed by atoms with Crippen LogP contribution in [0.1, 0.15) is 23.1 Å². The summed E-state index contributed by atoms with van der Waals surface area (Å²) in [5, 5.41) is 0. The maximum Gasteiger partial charge on any atom is 0.126 e. The lowest BCUT2D eigenvalue weighted by atomic mass is 10.1. The number of hydrogen-bond donors (Lipinski definition) is 1. The van der Waals surface area contributed by atoms with E-state index < -0.39 is 0 Å². The van der Waals surface area contributed by atoms with Crippen molar-refractivity contribution in [1.29, 1.82) is 0 Å². The van der Waals surface area contributed by atoms with E-state index in [2.05, 4.69) is 18.0 Å². The van der Waals surface area contributed by atoms with E-state index in [1.165, 1.54) is 5.56 Å². The Morgan fingerprint density at radius 3 is 2.68 bits per heavy atom. The second-order valence-electron chi connectivity index (χ2n) is 4.57. The van der Waals surface area contributed by atoms with Gasteiger partial charge in [0.05, 0.1) is 6.61 Å². The molecule has 2 rings (SSSR count). The van der Waals surface area contributed by atoms with Crippen LogP contribution in [0.3, 0.4) is 0 Å². The first-order valence-corrected chi connectivity index (χ1v) is 6.61. The second-order valence-corrected chi connectivity index (χ2v) is 4.57. The Kier molecular flexibility index (Phi) is 4.93. The van der Waals surface area contributed by atoms with Crippen molar-refractivity contribution in [1.82, 2.24) is 4.98 Å². The Bertz CT molecular complexity index is 511. The van der Waals surface area contributed by atoms with Gasteiger partial charge in [0.2, 0.25) is 0 Å². The number of pyridine rings is 1. The fraction of sp³-hybridized carbons (Fsp3) is 0.312. The molecule has 0 aliphatic rings. The monoisotopic (exact) mass is 256 g/mol. The third-order valence-corrected chi connectivity index (χ3v) is 3.12. The summed E-state index contributed by atoms with van der Waals surface area (Å²) in [6.45, 7) is 3.28. The van der Waals surface area contributed by atoms with Gasteiger partial charge in [0.15, 0.2) is 0 Å². The van der Waals surface area contributed by atoms with Crippen LogP contribution in [0.25, 0.3) is 0 Å². The maximum atomic E-state index is 5.88. The van der Waals surface area contributed by atoms with Gasteiger partial charge in [-0.1, -0.05) is 18.2 Å². The van der Waals surface area contributed by atoms with E-state index in [9.17, 15) is 0 Å². The van der Waals surface area contributed by atoms with Crippen LogP contribution in [-0.2, 0) is 13.0 Å².